The lowest BCUT2D eigenvalue weighted by Crippen LogP contribution is -2.12. The Balaban J connectivity index is 2.05. The molecule has 1 unspecified atom stereocenters. The zero-order valence-corrected chi connectivity index (χ0v) is 11.8. The van der Waals surface area contributed by atoms with Crippen molar-refractivity contribution in [3.8, 4) is 0 Å². The Morgan fingerprint density at radius 1 is 0.900 bits per heavy atom. The lowest BCUT2D eigenvalue weighted by Gasteiger charge is -2.15. The van der Waals surface area contributed by atoms with Crippen molar-refractivity contribution < 1.29 is 0 Å². The fourth-order valence-corrected chi connectivity index (χ4v) is 2.66. The third kappa shape index (κ3) is 2.43. The zero-order chi connectivity index (χ0) is 14.1. The second-order valence-corrected chi connectivity index (χ2v) is 5.35. The minimum atomic E-state index is -0.111. The number of nitrogens with two attached hydrogens (primary N) is 1. The summed E-state index contributed by atoms with van der Waals surface area (Å²) < 4.78 is 0. The van der Waals surface area contributed by atoms with Gasteiger partial charge in [0.15, 0.2) is 0 Å². The first-order valence-electron chi connectivity index (χ1n) is 6.82. The highest BCUT2D eigenvalue weighted by atomic mass is 14.7. The Morgan fingerprint density at radius 3 is 2.40 bits per heavy atom. The third-order valence-electron chi connectivity index (χ3n) is 3.59. The van der Waals surface area contributed by atoms with Gasteiger partial charge in [0.05, 0.1) is 11.6 Å². The molecule has 3 rings (SSSR count). The fourth-order valence-electron chi connectivity index (χ4n) is 2.66. The van der Waals surface area contributed by atoms with Gasteiger partial charge in [-0.2, -0.15) is 0 Å². The summed E-state index contributed by atoms with van der Waals surface area (Å²) in [6.45, 7) is 4.20. The summed E-state index contributed by atoms with van der Waals surface area (Å²) in [6, 6.07) is 16.6. The van der Waals surface area contributed by atoms with E-state index in [1.165, 1.54) is 11.1 Å². The number of hydrogen-bond donors (Lipinski definition) is 1. The van der Waals surface area contributed by atoms with Crippen molar-refractivity contribution in [3.05, 3.63) is 77.0 Å². The van der Waals surface area contributed by atoms with E-state index >= 15 is 0 Å². The van der Waals surface area contributed by atoms with Gasteiger partial charge in [-0.1, -0.05) is 47.5 Å². The van der Waals surface area contributed by atoms with E-state index in [0.29, 0.717) is 0 Å². The molecule has 20 heavy (non-hydrogen) atoms. The first-order valence-corrected chi connectivity index (χ1v) is 6.82. The predicted molar refractivity (Wildman–Crippen MR) is 83.7 cm³/mol. The van der Waals surface area contributed by atoms with Gasteiger partial charge in [0, 0.05) is 11.6 Å². The van der Waals surface area contributed by atoms with Crippen molar-refractivity contribution in [1.29, 1.82) is 0 Å². The van der Waals surface area contributed by atoms with Gasteiger partial charge in [-0.3, -0.25) is 4.98 Å². The Hall–Kier alpha value is -2.19. The zero-order valence-electron chi connectivity index (χ0n) is 11.8. The largest absolute Gasteiger partial charge is 0.320 e. The highest BCUT2D eigenvalue weighted by molar-refractivity contribution is 5.79. The lowest BCUT2D eigenvalue weighted by atomic mass is 9.95. The first-order chi connectivity index (χ1) is 9.63. The molecule has 0 saturated carbocycles. The number of aryl methyl sites for hydroxylation is 2. The molecule has 0 aliphatic heterocycles. The number of aromatic nitrogens is 1. The van der Waals surface area contributed by atoms with Crippen molar-refractivity contribution >= 4 is 10.9 Å². The lowest BCUT2D eigenvalue weighted by molar-refractivity contribution is 0.869. The number of benzene rings is 2. The fraction of sp³-hybridized carbons (Fsp3) is 0.167. The molecule has 3 aromatic rings. The van der Waals surface area contributed by atoms with Crippen LogP contribution < -0.4 is 5.73 Å². The number of fused-ring (bicyclic) bond motifs is 1. The Kier molecular flexibility index (Phi) is 3.25. The molecule has 2 heteroatoms. The Morgan fingerprint density at radius 2 is 1.65 bits per heavy atom. The van der Waals surface area contributed by atoms with Crippen LogP contribution in [0.15, 0.2) is 54.7 Å². The van der Waals surface area contributed by atoms with E-state index in [1.54, 1.807) is 0 Å². The van der Waals surface area contributed by atoms with E-state index in [1.807, 2.05) is 12.3 Å². The standard InChI is InChI=1S/C18H18N2/c1-12-8-13(2)10-16(9-12)18(19)15-6-5-14-4-3-7-20-17(14)11-15/h3-11,18H,19H2,1-2H3. The van der Waals surface area contributed by atoms with E-state index in [-0.39, 0.29) is 6.04 Å². The van der Waals surface area contributed by atoms with E-state index in [0.717, 1.165) is 22.0 Å². The molecule has 2 nitrogen and oxygen atoms in total. The molecule has 100 valence electrons. The summed E-state index contributed by atoms with van der Waals surface area (Å²) in [7, 11) is 0. The number of nitrogens with zero attached hydrogens (tertiary/aromatic N) is 1. The molecule has 2 N–H and O–H groups in total. The number of rotatable bonds is 2. The van der Waals surface area contributed by atoms with Gasteiger partial charge in [0.25, 0.3) is 0 Å². The second-order valence-electron chi connectivity index (χ2n) is 5.35. The van der Waals surface area contributed by atoms with Crippen LogP contribution in [0.2, 0.25) is 0 Å². The minimum absolute atomic E-state index is 0.111. The molecule has 0 fully saturated rings. The molecule has 1 aromatic heterocycles. The monoisotopic (exact) mass is 262 g/mol. The normalized spacial score (nSPS) is 12.6. The maximum Gasteiger partial charge on any atom is 0.0705 e. The summed E-state index contributed by atoms with van der Waals surface area (Å²) in [5.41, 5.74) is 12.1. The average Bonchev–Trinajstić information content (AvgIpc) is 2.45. The summed E-state index contributed by atoms with van der Waals surface area (Å²) in [5, 5.41) is 1.14. The highest BCUT2D eigenvalue weighted by Gasteiger charge is 2.10. The maximum absolute atomic E-state index is 6.42. The second kappa shape index (κ2) is 5.06. The van der Waals surface area contributed by atoms with E-state index in [4.69, 9.17) is 5.73 Å². The Bertz CT molecular complexity index is 742. The molecule has 0 spiro atoms. The molecule has 0 bridgehead atoms. The average molecular weight is 262 g/mol. The number of hydrogen-bond acceptors (Lipinski definition) is 2. The quantitative estimate of drug-likeness (QED) is 0.760. The van der Waals surface area contributed by atoms with E-state index in [9.17, 15) is 0 Å². The molecule has 1 atom stereocenters. The minimum Gasteiger partial charge on any atom is -0.320 e. The van der Waals surface area contributed by atoms with Crippen molar-refractivity contribution in [1.82, 2.24) is 4.98 Å². The number of pyridine rings is 1. The van der Waals surface area contributed by atoms with E-state index in [2.05, 4.69) is 61.3 Å². The van der Waals surface area contributed by atoms with Crippen molar-refractivity contribution in [2.45, 2.75) is 19.9 Å². The molecule has 1 heterocycles. The van der Waals surface area contributed by atoms with Crippen LogP contribution in [0.3, 0.4) is 0 Å². The molecule has 0 aliphatic carbocycles. The molecular weight excluding hydrogens is 244 g/mol. The molecule has 0 amide bonds. The summed E-state index contributed by atoms with van der Waals surface area (Å²) >= 11 is 0. The van der Waals surface area contributed by atoms with Crippen molar-refractivity contribution in [2.75, 3.05) is 0 Å². The van der Waals surface area contributed by atoms with Gasteiger partial charge in [0.1, 0.15) is 0 Å². The van der Waals surface area contributed by atoms with Gasteiger partial charge in [0.2, 0.25) is 0 Å². The van der Waals surface area contributed by atoms with Crippen LogP contribution in [0.5, 0.6) is 0 Å². The van der Waals surface area contributed by atoms with Gasteiger partial charge >= 0.3 is 0 Å². The van der Waals surface area contributed by atoms with Crippen LogP contribution in [0, 0.1) is 13.8 Å². The summed E-state index contributed by atoms with van der Waals surface area (Å²) in [4.78, 5) is 4.40. The van der Waals surface area contributed by atoms with Crippen LogP contribution in [0.25, 0.3) is 10.9 Å². The van der Waals surface area contributed by atoms with Crippen LogP contribution in [0.1, 0.15) is 28.3 Å². The van der Waals surface area contributed by atoms with Gasteiger partial charge in [-0.05, 0) is 37.1 Å². The topological polar surface area (TPSA) is 38.9 Å². The van der Waals surface area contributed by atoms with Gasteiger partial charge < -0.3 is 5.73 Å². The van der Waals surface area contributed by atoms with Crippen LogP contribution in [-0.4, -0.2) is 4.98 Å². The molecule has 0 radical (unpaired) electrons. The molecule has 0 aliphatic rings. The summed E-state index contributed by atoms with van der Waals surface area (Å²) in [6.07, 6.45) is 1.81. The molecule has 0 saturated heterocycles. The van der Waals surface area contributed by atoms with Crippen molar-refractivity contribution in [2.24, 2.45) is 5.73 Å². The predicted octanol–water partition coefficient (Wildman–Crippen LogP) is 3.90. The maximum atomic E-state index is 6.42. The first kappa shape index (κ1) is 12.8. The highest BCUT2D eigenvalue weighted by Crippen LogP contribution is 2.24. The van der Waals surface area contributed by atoms with Crippen LogP contribution in [0.4, 0.5) is 0 Å². The summed E-state index contributed by atoms with van der Waals surface area (Å²) in [5.74, 6) is 0. The smallest absolute Gasteiger partial charge is 0.0705 e. The third-order valence-corrected chi connectivity index (χ3v) is 3.59. The molecular formula is C18H18N2. The van der Waals surface area contributed by atoms with Crippen LogP contribution >= 0.6 is 0 Å². The molecule has 2 aromatic carbocycles. The van der Waals surface area contributed by atoms with E-state index < -0.39 is 0 Å². The SMILES string of the molecule is Cc1cc(C)cc(C(N)c2ccc3cccnc3c2)c1. The van der Waals surface area contributed by atoms with Crippen molar-refractivity contribution in [3.63, 3.8) is 0 Å². The van der Waals surface area contributed by atoms with Gasteiger partial charge in [-0.15, -0.1) is 0 Å². The van der Waals surface area contributed by atoms with Gasteiger partial charge in [-0.25, -0.2) is 0 Å². The Labute approximate surface area is 119 Å². The van der Waals surface area contributed by atoms with Crippen LogP contribution in [-0.2, 0) is 0 Å².